The summed E-state index contributed by atoms with van der Waals surface area (Å²) in [6, 6.07) is 11.1. The Morgan fingerprint density at radius 1 is 1.14 bits per heavy atom. The van der Waals surface area contributed by atoms with Gasteiger partial charge in [-0.15, -0.1) is 0 Å². The van der Waals surface area contributed by atoms with Gasteiger partial charge in [-0.2, -0.15) is 0 Å². The van der Waals surface area contributed by atoms with Crippen LogP contribution in [0.4, 0.5) is 5.69 Å². The van der Waals surface area contributed by atoms with Crippen LogP contribution in [-0.4, -0.2) is 29.7 Å². The number of benzene rings is 2. The van der Waals surface area contributed by atoms with Crippen LogP contribution in [0.25, 0.3) is 10.9 Å². The van der Waals surface area contributed by atoms with Crippen LogP contribution in [0, 0.1) is 0 Å². The van der Waals surface area contributed by atoms with E-state index >= 15 is 0 Å². The topological polar surface area (TPSA) is 82.5 Å². The average molecular weight is 395 g/mol. The first kappa shape index (κ1) is 20.4. The predicted octanol–water partition coefficient (Wildman–Crippen LogP) is 3.40. The molecule has 29 heavy (non-hydrogen) atoms. The minimum atomic E-state index is -0.174. The van der Waals surface area contributed by atoms with E-state index < -0.39 is 0 Å². The van der Waals surface area contributed by atoms with Crippen molar-refractivity contribution in [2.75, 3.05) is 19.5 Å². The second-order valence-corrected chi connectivity index (χ2v) is 6.67. The molecule has 7 nitrogen and oxygen atoms in total. The second kappa shape index (κ2) is 9.23. The van der Waals surface area contributed by atoms with E-state index in [4.69, 9.17) is 9.47 Å². The molecule has 1 amide bonds. The molecular weight excluding hydrogens is 370 g/mol. The van der Waals surface area contributed by atoms with E-state index in [-0.39, 0.29) is 11.5 Å². The lowest BCUT2D eigenvalue weighted by Gasteiger charge is -2.11. The first-order valence-electron chi connectivity index (χ1n) is 9.55. The van der Waals surface area contributed by atoms with Crippen LogP contribution in [0.1, 0.15) is 25.3 Å². The number of hydrogen-bond donors (Lipinski definition) is 1. The SMILES string of the molecule is CCc1cccc(NC(=O)CCCn2cnc3cc(OC)c(OC)cc3c2=O)c1. The monoisotopic (exact) mass is 395 g/mol. The molecule has 0 saturated heterocycles. The third-order valence-corrected chi connectivity index (χ3v) is 4.75. The molecule has 0 radical (unpaired) electrons. The van der Waals surface area contributed by atoms with Crippen LogP contribution in [0.5, 0.6) is 11.5 Å². The van der Waals surface area contributed by atoms with Crippen LogP contribution < -0.4 is 20.3 Å². The fraction of sp³-hybridized carbons (Fsp3) is 0.318. The molecule has 0 saturated carbocycles. The molecule has 0 spiro atoms. The van der Waals surface area contributed by atoms with Crippen molar-refractivity contribution < 1.29 is 14.3 Å². The number of amides is 1. The van der Waals surface area contributed by atoms with Crippen molar-refractivity contribution in [1.82, 2.24) is 9.55 Å². The van der Waals surface area contributed by atoms with Crippen LogP contribution in [-0.2, 0) is 17.8 Å². The Kier molecular flexibility index (Phi) is 6.49. The summed E-state index contributed by atoms with van der Waals surface area (Å²) in [5.41, 5.74) is 2.33. The highest BCUT2D eigenvalue weighted by molar-refractivity contribution is 5.90. The van der Waals surface area contributed by atoms with Crippen LogP contribution in [0.3, 0.4) is 0 Å². The number of ether oxygens (including phenoxy) is 2. The first-order valence-corrected chi connectivity index (χ1v) is 9.55. The van der Waals surface area contributed by atoms with Crippen molar-refractivity contribution in [1.29, 1.82) is 0 Å². The van der Waals surface area contributed by atoms with Gasteiger partial charge >= 0.3 is 0 Å². The van der Waals surface area contributed by atoms with Gasteiger partial charge in [-0.05, 0) is 36.6 Å². The van der Waals surface area contributed by atoms with Crippen LogP contribution in [0.2, 0.25) is 0 Å². The number of hydrogen-bond acceptors (Lipinski definition) is 5. The van der Waals surface area contributed by atoms with E-state index in [2.05, 4.69) is 17.2 Å². The Bertz CT molecular complexity index is 1080. The van der Waals surface area contributed by atoms with Crippen molar-refractivity contribution >= 4 is 22.5 Å². The molecule has 1 aromatic heterocycles. The summed E-state index contributed by atoms with van der Waals surface area (Å²) in [6.07, 6.45) is 3.25. The van der Waals surface area contributed by atoms with Gasteiger partial charge in [0.2, 0.25) is 5.91 Å². The van der Waals surface area contributed by atoms with Gasteiger partial charge in [-0.1, -0.05) is 19.1 Å². The number of fused-ring (bicyclic) bond motifs is 1. The molecule has 1 N–H and O–H groups in total. The molecule has 0 aliphatic carbocycles. The van der Waals surface area contributed by atoms with Crippen molar-refractivity contribution in [3.05, 3.63) is 58.6 Å². The Morgan fingerprint density at radius 2 is 1.90 bits per heavy atom. The number of carbonyl (C=O) groups is 1. The van der Waals surface area contributed by atoms with Gasteiger partial charge in [-0.3, -0.25) is 14.2 Å². The molecule has 0 unspecified atom stereocenters. The second-order valence-electron chi connectivity index (χ2n) is 6.67. The van der Waals surface area contributed by atoms with Crippen molar-refractivity contribution in [3.8, 4) is 11.5 Å². The summed E-state index contributed by atoms with van der Waals surface area (Å²) >= 11 is 0. The zero-order valence-corrected chi connectivity index (χ0v) is 16.9. The fourth-order valence-electron chi connectivity index (χ4n) is 3.15. The zero-order valence-electron chi connectivity index (χ0n) is 16.9. The van der Waals surface area contributed by atoms with Gasteiger partial charge in [0.05, 0.1) is 31.4 Å². The number of anilines is 1. The molecule has 2 aromatic carbocycles. The molecule has 0 atom stereocenters. The van der Waals surface area contributed by atoms with Gasteiger partial charge in [0, 0.05) is 24.7 Å². The van der Waals surface area contributed by atoms with E-state index in [0.717, 1.165) is 12.1 Å². The number of methoxy groups -OCH3 is 2. The van der Waals surface area contributed by atoms with E-state index in [0.29, 0.717) is 41.8 Å². The van der Waals surface area contributed by atoms with Gasteiger partial charge in [0.15, 0.2) is 11.5 Å². The summed E-state index contributed by atoms with van der Waals surface area (Å²) in [5.74, 6) is 0.922. The summed E-state index contributed by atoms with van der Waals surface area (Å²) in [6.45, 7) is 2.47. The van der Waals surface area contributed by atoms with E-state index in [1.54, 1.807) is 12.1 Å². The Balaban J connectivity index is 1.66. The van der Waals surface area contributed by atoms with E-state index in [9.17, 15) is 9.59 Å². The number of nitrogens with one attached hydrogen (secondary N) is 1. The summed E-state index contributed by atoms with van der Waals surface area (Å²) in [4.78, 5) is 29.3. The van der Waals surface area contributed by atoms with Gasteiger partial charge in [-0.25, -0.2) is 4.98 Å². The maximum Gasteiger partial charge on any atom is 0.261 e. The normalized spacial score (nSPS) is 10.7. The maximum absolute atomic E-state index is 12.8. The Labute approximate surface area is 169 Å². The first-order chi connectivity index (χ1) is 14.0. The third kappa shape index (κ3) is 4.74. The lowest BCUT2D eigenvalue weighted by Crippen LogP contribution is -2.22. The summed E-state index contributed by atoms with van der Waals surface area (Å²) in [7, 11) is 3.06. The fourth-order valence-corrected chi connectivity index (χ4v) is 3.15. The minimum absolute atomic E-state index is 0.0774. The zero-order chi connectivity index (χ0) is 20.8. The number of nitrogens with zero attached hydrogens (tertiary/aromatic N) is 2. The minimum Gasteiger partial charge on any atom is -0.493 e. The summed E-state index contributed by atoms with van der Waals surface area (Å²) < 4.78 is 12.0. The van der Waals surface area contributed by atoms with Crippen molar-refractivity contribution in [2.45, 2.75) is 32.7 Å². The molecule has 3 aromatic rings. The lowest BCUT2D eigenvalue weighted by atomic mass is 10.1. The molecule has 1 heterocycles. The predicted molar refractivity (Wildman–Crippen MR) is 113 cm³/mol. The number of rotatable bonds is 8. The van der Waals surface area contributed by atoms with Crippen LogP contribution >= 0.6 is 0 Å². The van der Waals surface area contributed by atoms with Crippen molar-refractivity contribution in [2.24, 2.45) is 0 Å². The lowest BCUT2D eigenvalue weighted by molar-refractivity contribution is -0.116. The highest BCUT2D eigenvalue weighted by Gasteiger charge is 2.11. The van der Waals surface area contributed by atoms with Crippen LogP contribution in [0.15, 0.2) is 47.5 Å². The smallest absolute Gasteiger partial charge is 0.261 e. The van der Waals surface area contributed by atoms with Gasteiger partial charge < -0.3 is 14.8 Å². The van der Waals surface area contributed by atoms with Crippen molar-refractivity contribution in [3.63, 3.8) is 0 Å². The Hall–Kier alpha value is -3.35. The van der Waals surface area contributed by atoms with Gasteiger partial charge in [0.25, 0.3) is 5.56 Å². The Morgan fingerprint density at radius 3 is 2.62 bits per heavy atom. The molecule has 152 valence electrons. The van der Waals surface area contributed by atoms with Gasteiger partial charge in [0.1, 0.15) is 0 Å². The molecule has 3 rings (SSSR count). The highest BCUT2D eigenvalue weighted by atomic mass is 16.5. The number of aromatic nitrogens is 2. The highest BCUT2D eigenvalue weighted by Crippen LogP contribution is 2.29. The third-order valence-electron chi connectivity index (χ3n) is 4.75. The molecule has 7 heteroatoms. The van der Waals surface area contributed by atoms with E-state index in [1.165, 1.54) is 30.7 Å². The molecular formula is C22H25N3O4. The molecule has 0 fully saturated rings. The molecule has 0 aliphatic rings. The number of carbonyl (C=O) groups excluding carboxylic acids is 1. The molecule has 0 aliphatic heterocycles. The maximum atomic E-state index is 12.8. The largest absolute Gasteiger partial charge is 0.493 e. The molecule has 0 bridgehead atoms. The average Bonchev–Trinajstić information content (AvgIpc) is 2.74. The number of aryl methyl sites for hydroxylation is 2. The summed E-state index contributed by atoms with van der Waals surface area (Å²) in [5, 5.41) is 3.35. The van der Waals surface area contributed by atoms with E-state index in [1.807, 2.05) is 24.3 Å². The standard InChI is InChI=1S/C22H25N3O4/c1-4-15-7-5-8-16(11-15)24-21(26)9-6-10-25-14-23-18-13-20(29-3)19(28-2)12-17(18)22(25)27/h5,7-8,11-14H,4,6,9-10H2,1-3H3,(H,24,26). The quantitative estimate of drug-likeness (QED) is 0.632.